The van der Waals surface area contributed by atoms with Gasteiger partial charge in [0.2, 0.25) is 10.0 Å². The van der Waals surface area contributed by atoms with Gasteiger partial charge in [0.05, 0.1) is 0 Å². The minimum Gasteiger partial charge on any atom is -0.507 e. The highest BCUT2D eigenvalue weighted by Gasteiger charge is 2.30. The van der Waals surface area contributed by atoms with Gasteiger partial charge in [-0.2, -0.15) is 13.2 Å². The largest absolute Gasteiger partial charge is 0.507 e. The fraction of sp³-hybridized carbons (Fsp3) is 0.250. The molecule has 2 N–H and O–H groups in total. The molecule has 0 heterocycles. The third-order valence-electron chi connectivity index (χ3n) is 1.62. The fourth-order valence-electron chi connectivity index (χ4n) is 0.939. The molecule has 0 bridgehead atoms. The molecule has 4 nitrogen and oxygen atoms in total. The summed E-state index contributed by atoms with van der Waals surface area (Å²) in [4.78, 5) is -0.584. The van der Waals surface area contributed by atoms with Gasteiger partial charge >= 0.3 is 6.18 Å². The van der Waals surface area contributed by atoms with Crippen LogP contribution < -0.4 is 4.72 Å². The van der Waals surface area contributed by atoms with E-state index in [1.54, 1.807) is 0 Å². The van der Waals surface area contributed by atoms with Crippen molar-refractivity contribution < 1.29 is 26.7 Å². The van der Waals surface area contributed by atoms with Crippen LogP contribution in [0.3, 0.4) is 0 Å². The fourth-order valence-corrected chi connectivity index (χ4v) is 2.05. The molecule has 1 rings (SSSR count). The molecule has 0 fully saturated rings. The van der Waals surface area contributed by atoms with Crippen LogP contribution in [0.5, 0.6) is 5.75 Å². The van der Waals surface area contributed by atoms with E-state index in [9.17, 15) is 26.7 Å². The predicted molar refractivity (Wildman–Crippen MR) is 49.4 cm³/mol. The monoisotopic (exact) mass is 255 g/mol. The average Bonchev–Trinajstić information content (AvgIpc) is 2.14. The first-order valence-corrected chi connectivity index (χ1v) is 5.55. The number of rotatable bonds is 3. The molecule has 0 aromatic heterocycles. The summed E-state index contributed by atoms with van der Waals surface area (Å²) < 4.78 is 59.4. The lowest BCUT2D eigenvalue weighted by Crippen LogP contribution is -2.33. The van der Waals surface area contributed by atoms with Gasteiger partial charge in [0.1, 0.15) is 17.2 Å². The summed E-state index contributed by atoms with van der Waals surface area (Å²) in [5.41, 5.74) is 0. The molecule has 0 aliphatic heterocycles. The molecule has 0 aliphatic carbocycles. The normalized spacial score (nSPS) is 12.7. The molecule has 1 aromatic rings. The molecule has 0 saturated heterocycles. The number of aromatic hydroxyl groups is 1. The molecular formula is C8H8F3NO3S. The van der Waals surface area contributed by atoms with E-state index in [-0.39, 0.29) is 0 Å². The zero-order valence-corrected chi connectivity index (χ0v) is 8.64. The Morgan fingerprint density at radius 1 is 1.25 bits per heavy atom. The molecule has 0 atom stereocenters. The van der Waals surface area contributed by atoms with E-state index in [0.29, 0.717) is 0 Å². The summed E-state index contributed by atoms with van der Waals surface area (Å²) in [7, 11) is -4.34. The average molecular weight is 255 g/mol. The van der Waals surface area contributed by atoms with Crippen molar-refractivity contribution in [1.29, 1.82) is 0 Å². The van der Waals surface area contributed by atoms with Gasteiger partial charge < -0.3 is 5.11 Å². The Morgan fingerprint density at radius 3 is 2.31 bits per heavy atom. The second kappa shape index (κ2) is 4.30. The molecule has 0 aliphatic rings. The number of hydrogen-bond acceptors (Lipinski definition) is 3. The number of para-hydroxylation sites is 1. The number of sulfonamides is 1. The first-order valence-electron chi connectivity index (χ1n) is 4.07. The maximum atomic E-state index is 11.8. The number of alkyl halides is 3. The van der Waals surface area contributed by atoms with Crippen molar-refractivity contribution in [2.45, 2.75) is 11.1 Å². The Labute approximate surface area is 89.8 Å². The van der Waals surface area contributed by atoms with Crippen molar-refractivity contribution >= 4 is 10.0 Å². The molecule has 0 radical (unpaired) electrons. The van der Waals surface area contributed by atoms with Crippen molar-refractivity contribution in [3.8, 4) is 5.75 Å². The number of hydrogen-bond donors (Lipinski definition) is 2. The minimum atomic E-state index is -4.64. The summed E-state index contributed by atoms with van der Waals surface area (Å²) in [5.74, 6) is -0.600. The van der Waals surface area contributed by atoms with Crippen LogP contribution in [0.25, 0.3) is 0 Å². The van der Waals surface area contributed by atoms with Crippen LogP contribution in [0.4, 0.5) is 13.2 Å². The van der Waals surface area contributed by atoms with Crippen LogP contribution in [-0.2, 0) is 10.0 Å². The van der Waals surface area contributed by atoms with Crippen molar-refractivity contribution in [2.24, 2.45) is 0 Å². The quantitative estimate of drug-likeness (QED) is 0.853. The Hall–Kier alpha value is -1.28. The standard InChI is InChI=1S/C8H8F3NO3S/c9-8(10,11)5-12-16(14,15)7-4-2-1-3-6(7)13/h1-4,12-13H,5H2. The Kier molecular flexibility index (Phi) is 3.44. The molecular weight excluding hydrogens is 247 g/mol. The van der Waals surface area contributed by atoms with Crippen molar-refractivity contribution in [2.75, 3.05) is 6.54 Å². The molecule has 16 heavy (non-hydrogen) atoms. The van der Waals surface area contributed by atoms with Crippen LogP contribution in [0, 0.1) is 0 Å². The Morgan fingerprint density at radius 2 is 1.81 bits per heavy atom. The first-order chi connectivity index (χ1) is 7.22. The van der Waals surface area contributed by atoms with Gasteiger partial charge in [-0.25, -0.2) is 13.1 Å². The van der Waals surface area contributed by atoms with E-state index >= 15 is 0 Å². The molecule has 0 spiro atoms. The number of phenolic OH excluding ortho intramolecular Hbond substituents is 1. The molecule has 8 heteroatoms. The van der Waals surface area contributed by atoms with E-state index in [2.05, 4.69) is 0 Å². The van der Waals surface area contributed by atoms with Gasteiger partial charge in [0.25, 0.3) is 0 Å². The molecule has 0 unspecified atom stereocenters. The van der Waals surface area contributed by atoms with Crippen LogP contribution in [0.1, 0.15) is 0 Å². The summed E-state index contributed by atoms with van der Waals surface area (Å²) in [6.07, 6.45) is -4.64. The van der Waals surface area contributed by atoms with Crippen LogP contribution in [-0.4, -0.2) is 26.2 Å². The van der Waals surface area contributed by atoms with Crippen molar-refractivity contribution in [3.05, 3.63) is 24.3 Å². The lowest BCUT2D eigenvalue weighted by atomic mass is 10.3. The van der Waals surface area contributed by atoms with Gasteiger partial charge in [-0.05, 0) is 12.1 Å². The lowest BCUT2D eigenvalue weighted by Gasteiger charge is -2.09. The molecule has 0 saturated carbocycles. The topological polar surface area (TPSA) is 66.4 Å². The van der Waals surface area contributed by atoms with Gasteiger partial charge in [-0.3, -0.25) is 0 Å². The molecule has 0 amide bonds. The second-order valence-corrected chi connectivity index (χ2v) is 4.64. The number of halogens is 3. The third kappa shape index (κ3) is 3.38. The summed E-state index contributed by atoms with van der Waals surface area (Å²) in [5, 5.41) is 9.18. The maximum absolute atomic E-state index is 11.8. The van der Waals surface area contributed by atoms with E-state index < -0.39 is 33.4 Å². The van der Waals surface area contributed by atoms with Gasteiger partial charge in [0.15, 0.2) is 0 Å². The highest BCUT2D eigenvalue weighted by atomic mass is 32.2. The highest BCUT2D eigenvalue weighted by molar-refractivity contribution is 7.89. The zero-order valence-electron chi connectivity index (χ0n) is 7.82. The smallest absolute Gasteiger partial charge is 0.402 e. The SMILES string of the molecule is O=S(=O)(NCC(F)(F)F)c1ccccc1O. The number of phenols is 1. The maximum Gasteiger partial charge on any atom is 0.402 e. The summed E-state index contributed by atoms with van der Waals surface area (Å²) in [6, 6.07) is 4.73. The van der Waals surface area contributed by atoms with Crippen molar-refractivity contribution in [3.63, 3.8) is 0 Å². The Bertz CT molecular complexity index is 470. The van der Waals surface area contributed by atoms with E-state index in [1.807, 2.05) is 0 Å². The zero-order chi connectivity index (χ0) is 12.4. The number of benzene rings is 1. The van der Waals surface area contributed by atoms with E-state index in [4.69, 9.17) is 0 Å². The summed E-state index contributed by atoms with van der Waals surface area (Å²) >= 11 is 0. The van der Waals surface area contributed by atoms with Crippen LogP contribution in [0.15, 0.2) is 29.2 Å². The third-order valence-corrected chi connectivity index (χ3v) is 3.07. The van der Waals surface area contributed by atoms with Crippen LogP contribution >= 0.6 is 0 Å². The highest BCUT2D eigenvalue weighted by Crippen LogP contribution is 2.22. The first kappa shape index (κ1) is 12.8. The number of nitrogens with one attached hydrogen (secondary N) is 1. The van der Waals surface area contributed by atoms with E-state index in [1.165, 1.54) is 16.9 Å². The summed E-state index contributed by atoms with van der Waals surface area (Å²) in [6.45, 7) is -1.68. The van der Waals surface area contributed by atoms with Gasteiger partial charge in [0, 0.05) is 0 Å². The second-order valence-electron chi connectivity index (χ2n) is 2.91. The van der Waals surface area contributed by atoms with Gasteiger partial charge in [-0.1, -0.05) is 12.1 Å². The van der Waals surface area contributed by atoms with E-state index in [0.717, 1.165) is 12.1 Å². The predicted octanol–water partition coefficient (Wildman–Crippen LogP) is 1.23. The van der Waals surface area contributed by atoms with Crippen LogP contribution in [0.2, 0.25) is 0 Å². The lowest BCUT2D eigenvalue weighted by molar-refractivity contribution is -0.121. The van der Waals surface area contributed by atoms with Crippen molar-refractivity contribution in [1.82, 2.24) is 4.72 Å². The molecule has 1 aromatic carbocycles. The Balaban J connectivity index is 2.92. The minimum absolute atomic E-state index is 0.584. The van der Waals surface area contributed by atoms with Gasteiger partial charge in [-0.15, -0.1) is 0 Å². The molecule has 90 valence electrons.